The Balaban J connectivity index is 2.20. The molecule has 0 fully saturated rings. The summed E-state index contributed by atoms with van der Waals surface area (Å²) in [6, 6.07) is 16.4. The topological polar surface area (TPSA) is 36.9 Å². The summed E-state index contributed by atoms with van der Waals surface area (Å²) in [5, 5.41) is 1.89. The van der Waals surface area contributed by atoms with Gasteiger partial charge < -0.3 is 18.9 Å². The van der Waals surface area contributed by atoms with Gasteiger partial charge in [0.05, 0.1) is 39.2 Å². The first-order chi connectivity index (χ1) is 15.5. The van der Waals surface area contributed by atoms with Gasteiger partial charge in [-0.3, -0.25) is 0 Å². The standard InChI is InChI=1S/C27H32O4S/c1-18(2)12-15-24(32-17-19-10-8-7-9-11-19)20-16-23(30-5)25-21(28-3)13-14-22(29-4)26(25)27(20)31-6/h7-14,16,24H,15,17H2,1-6H3. The van der Waals surface area contributed by atoms with Crippen LogP contribution in [0.15, 0.2) is 60.2 Å². The number of hydrogen-bond acceptors (Lipinski definition) is 5. The van der Waals surface area contributed by atoms with E-state index in [1.807, 2.05) is 30.0 Å². The highest BCUT2D eigenvalue weighted by Gasteiger charge is 2.25. The molecule has 0 aliphatic rings. The molecular weight excluding hydrogens is 420 g/mol. The Bertz CT molecular complexity index is 1070. The molecule has 4 nitrogen and oxygen atoms in total. The average Bonchev–Trinajstić information content (AvgIpc) is 2.82. The van der Waals surface area contributed by atoms with Gasteiger partial charge in [-0.05, 0) is 44.0 Å². The van der Waals surface area contributed by atoms with Crippen molar-refractivity contribution in [2.75, 3.05) is 28.4 Å². The van der Waals surface area contributed by atoms with Gasteiger partial charge in [-0.25, -0.2) is 0 Å². The second kappa shape index (κ2) is 11.2. The van der Waals surface area contributed by atoms with Crippen LogP contribution >= 0.6 is 11.8 Å². The zero-order chi connectivity index (χ0) is 23.1. The van der Waals surface area contributed by atoms with Crippen LogP contribution in [0.5, 0.6) is 23.0 Å². The summed E-state index contributed by atoms with van der Waals surface area (Å²) in [5.74, 6) is 3.89. The fraction of sp³-hybridized carbons (Fsp3) is 0.333. The summed E-state index contributed by atoms with van der Waals surface area (Å²) in [6.45, 7) is 4.26. The van der Waals surface area contributed by atoms with E-state index in [0.29, 0.717) is 0 Å². The van der Waals surface area contributed by atoms with Crippen molar-refractivity contribution in [1.82, 2.24) is 0 Å². The highest BCUT2D eigenvalue weighted by atomic mass is 32.2. The van der Waals surface area contributed by atoms with Crippen molar-refractivity contribution >= 4 is 22.5 Å². The van der Waals surface area contributed by atoms with Gasteiger partial charge in [-0.15, -0.1) is 11.8 Å². The Morgan fingerprint density at radius 3 is 2.00 bits per heavy atom. The van der Waals surface area contributed by atoms with Gasteiger partial charge in [0.2, 0.25) is 0 Å². The Morgan fingerprint density at radius 1 is 0.812 bits per heavy atom. The molecule has 0 saturated carbocycles. The minimum absolute atomic E-state index is 0.175. The Labute approximate surface area is 195 Å². The first-order valence-corrected chi connectivity index (χ1v) is 11.7. The molecule has 3 rings (SSSR count). The largest absolute Gasteiger partial charge is 0.496 e. The van der Waals surface area contributed by atoms with Crippen molar-refractivity contribution in [1.29, 1.82) is 0 Å². The lowest BCUT2D eigenvalue weighted by Gasteiger charge is -2.23. The molecule has 0 aromatic heterocycles. The summed E-state index contributed by atoms with van der Waals surface area (Å²) in [5.41, 5.74) is 3.67. The number of ether oxygens (including phenoxy) is 4. The predicted molar refractivity (Wildman–Crippen MR) is 135 cm³/mol. The third-order valence-corrected chi connectivity index (χ3v) is 6.74. The van der Waals surface area contributed by atoms with Gasteiger partial charge in [-0.1, -0.05) is 42.0 Å². The molecule has 170 valence electrons. The molecule has 3 aromatic carbocycles. The van der Waals surface area contributed by atoms with E-state index in [1.54, 1.807) is 28.4 Å². The van der Waals surface area contributed by atoms with Gasteiger partial charge in [0, 0.05) is 16.6 Å². The highest BCUT2D eigenvalue weighted by molar-refractivity contribution is 7.98. The molecule has 1 unspecified atom stereocenters. The smallest absolute Gasteiger partial charge is 0.135 e. The highest BCUT2D eigenvalue weighted by Crippen LogP contribution is 2.50. The Morgan fingerprint density at radius 2 is 1.44 bits per heavy atom. The van der Waals surface area contributed by atoms with Crippen LogP contribution in [-0.2, 0) is 5.75 Å². The first kappa shape index (κ1) is 23.9. The van der Waals surface area contributed by atoms with Crippen LogP contribution < -0.4 is 18.9 Å². The molecule has 0 saturated heterocycles. The van der Waals surface area contributed by atoms with Crippen molar-refractivity contribution in [2.45, 2.75) is 31.3 Å². The molecule has 0 bridgehead atoms. The van der Waals surface area contributed by atoms with Crippen LogP contribution in [-0.4, -0.2) is 28.4 Å². The number of thioether (sulfide) groups is 1. The van der Waals surface area contributed by atoms with Gasteiger partial charge in [0.15, 0.2) is 0 Å². The van der Waals surface area contributed by atoms with E-state index in [9.17, 15) is 0 Å². The van der Waals surface area contributed by atoms with Crippen molar-refractivity contribution in [3.05, 3.63) is 71.3 Å². The minimum Gasteiger partial charge on any atom is -0.496 e. The third-order valence-electron chi connectivity index (χ3n) is 5.40. The molecule has 0 amide bonds. The van der Waals surface area contributed by atoms with E-state index >= 15 is 0 Å². The SMILES string of the molecule is COc1ccc(OC)c2c(OC)c(C(CC=C(C)C)SCc3ccccc3)cc(OC)c12. The first-order valence-electron chi connectivity index (χ1n) is 10.6. The number of fused-ring (bicyclic) bond motifs is 1. The van der Waals surface area contributed by atoms with E-state index in [4.69, 9.17) is 18.9 Å². The lowest BCUT2D eigenvalue weighted by molar-refractivity contribution is 0.389. The molecule has 32 heavy (non-hydrogen) atoms. The van der Waals surface area contributed by atoms with Crippen molar-refractivity contribution < 1.29 is 18.9 Å². The number of rotatable bonds is 10. The normalized spacial score (nSPS) is 11.7. The number of methoxy groups -OCH3 is 4. The maximum absolute atomic E-state index is 6.01. The number of allylic oxidation sites excluding steroid dienone is 2. The summed E-state index contributed by atoms with van der Waals surface area (Å²) >= 11 is 1.90. The molecule has 0 aliphatic carbocycles. The Hall–Kier alpha value is -2.79. The molecule has 0 radical (unpaired) electrons. The van der Waals surface area contributed by atoms with Crippen LogP contribution in [0.2, 0.25) is 0 Å². The molecular formula is C27H32O4S. The fourth-order valence-corrected chi connectivity index (χ4v) is 4.99. The van der Waals surface area contributed by atoms with E-state index in [2.05, 4.69) is 50.3 Å². The molecule has 0 aliphatic heterocycles. The maximum Gasteiger partial charge on any atom is 0.135 e. The number of hydrogen-bond donors (Lipinski definition) is 0. The van der Waals surface area contributed by atoms with Gasteiger partial charge >= 0.3 is 0 Å². The summed E-state index contributed by atoms with van der Waals surface area (Å²) in [6.07, 6.45) is 3.17. The fourth-order valence-electron chi connectivity index (χ4n) is 3.82. The maximum atomic E-state index is 6.01. The molecule has 0 N–H and O–H groups in total. The van der Waals surface area contributed by atoms with Crippen molar-refractivity contribution in [3.63, 3.8) is 0 Å². The van der Waals surface area contributed by atoms with Crippen LogP contribution in [0, 0.1) is 0 Å². The number of benzene rings is 3. The average molecular weight is 453 g/mol. The monoisotopic (exact) mass is 452 g/mol. The zero-order valence-corrected chi connectivity index (χ0v) is 20.5. The molecule has 0 heterocycles. The van der Waals surface area contributed by atoms with Crippen LogP contribution in [0.3, 0.4) is 0 Å². The molecule has 5 heteroatoms. The summed E-state index contributed by atoms with van der Waals surface area (Å²) in [4.78, 5) is 0. The minimum atomic E-state index is 0.175. The second-order valence-corrected chi connectivity index (χ2v) is 8.91. The van der Waals surface area contributed by atoms with Crippen molar-refractivity contribution in [2.24, 2.45) is 0 Å². The van der Waals surface area contributed by atoms with E-state index in [-0.39, 0.29) is 5.25 Å². The van der Waals surface area contributed by atoms with Crippen LogP contribution in [0.25, 0.3) is 10.8 Å². The zero-order valence-electron chi connectivity index (χ0n) is 19.7. The third kappa shape index (κ3) is 5.16. The lowest BCUT2D eigenvalue weighted by Crippen LogP contribution is -2.03. The summed E-state index contributed by atoms with van der Waals surface area (Å²) in [7, 11) is 6.73. The lowest BCUT2D eigenvalue weighted by atomic mass is 9.98. The molecule has 3 aromatic rings. The van der Waals surface area contributed by atoms with E-state index < -0.39 is 0 Å². The van der Waals surface area contributed by atoms with Gasteiger partial charge in [0.1, 0.15) is 23.0 Å². The predicted octanol–water partition coefficient (Wildman–Crippen LogP) is 7.21. The van der Waals surface area contributed by atoms with Gasteiger partial charge in [0.25, 0.3) is 0 Å². The van der Waals surface area contributed by atoms with Crippen LogP contribution in [0.4, 0.5) is 0 Å². The van der Waals surface area contributed by atoms with Gasteiger partial charge in [-0.2, -0.15) is 0 Å². The van der Waals surface area contributed by atoms with Crippen molar-refractivity contribution in [3.8, 4) is 23.0 Å². The molecule has 1 atom stereocenters. The molecule has 0 spiro atoms. The Kier molecular flexibility index (Phi) is 8.34. The summed E-state index contributed by atoms with van der Waals surface area (Å²) < 4.78 is 23.2. The quantitative estimate of drug-likeness (QED) is 0.304. The van der Waals surface area contributed by atoms with E-state index in [1.165, 1.54) is 11.1 Å². The second-order valence-electron chi connectivity index (χ2n) is 7.72. The van der Waals surface area contributed by atoms with Crippen LogP contribution in [0.1, 0.15) is 36.6 Å². The van der Waals surface area contributed by atoms with E-state index in [0.717, 1.165) is 51.5 Å².